The number of hydrogen-bond donors (Lipinski definition) is 1. The van der Waals surface area contributed by atoms with Crippen LogP contribution >= 0.6 is 0 Å². The van der Waals surface area contributed by atoms with Gasteiger partial charge in [0, 0.05) is 18.0 Å². The van der Waals surface area contributed by atoms with Gasteiger partial charge in [0.05, 0.1) is 25.7 Å². The van der Waals surface area contributed by atoms with Crippen LogP contribution in [0.4, 0.5) is 0 Å². The predicted molar refractivity (Wildman–Crippen MR) is 58.2 cm³/mol. The van der Waals surface area contributed by atoms with E-state index in [1.165, 1.54) is 0 Å². The largest absolute Gasteiger partial charge is 0.480 e. The van der Waals surface area contributed by atoms with Crippen LogP contribution in [0.1, 0.15) is 17.3 Å². The van der Waals surface area contributed by atoms with Crippen LogP contribution in [0, 0.1) is 0 Å². The van der Waals surface area contributed by atoms with Gasteiger partial charge in [-0.3, -0.25) is 4.98 Å². The van der Waals surface area contributed by atoms with E-state index in [2.05, 4.69) is 15.3 Å². The molecular formula is C11H13N3O2. The summed E-state index contributed by atoms with van der Waals surface area (Å²) in [5, 5.41) is 3.15. The zero-order valence-electron chi connectivity index (χ0n) is 9.18. The van der Waals surface area contributed by atoms with Crippen molar-refractivity contribution in [3.05, 3.63) is 42.2 Å². The number of nitrogens with zero attached hydrogens (tertiary/aromatic N) is 2. The van der Waals surface area contributed by atoms with Crippen LogP contribution in [0.5, 0.6) is 5.88 Å². The van der Waals surface area contributed by atoms with E-state index in [9.17, 15) is 0 Å². The van der Waals surface area contributed by atoms with Crippen molar-refractivity contribution in [1.82, 2.24) is 15.3 Å². The molecule has 0 amide bonds. The molecule has 16 heavy (non-hydrogen) atoms. The van der Waals surface area contributed by atoms with Gasteiger partial charge in [0.25, 0.3) is 0 Å². The van der Waals surface area contributed by atoms with Crippen LogP contribution in [0.3, 0.4) is 0 Å². The Morgan fingerprint density at radius 2 is 2.19 bits per heavy atom. The molecule has 0 saturated heterocycles. The van der Waals surface area contributed by atoms with Crippen molar-refractivity contribution in [2.45, 2.75) is 6.04 Å². The first-order valence-electron chi connectivity index (χ1n) is 4.91. The van der Waals surface area contributed by atoms with Crippen molar-refractivity contribution >= 4 is 0 Å². The summed E-state index contributed by atoms with van der Waals surface area (Å²) in [7, 11) is 3.43. The minimum absolute atomic E-state index is 0.0811. The zero-order valence-corrected chi connectivity index (χ0v) is 9.18. The fraction of sp³-hybridized carbons (Fsp3) is 0.273. The summed E-state index contributed by atoms with van der Waals surface area (Å²) < 4.78 is 10.2. The van der Waals surface area contributed by atoms with Crippen LogP contribution in [0.15, 0.2) is 35.4 Å². The van der Waals surface area contributed by atoms with Crippen molar-refractivity contribution in [3.8, 4) is 5.88 Å². The van der Waals surface area contributed by atoms with Crippen LogP contribution in [0.2, 0.25) is 0 Å². The Balaban J connectivity index is 2.41. The number of hydrogen-bond acceptors (Lipinski definition) is 5. The molecule has 0 aliphatic rings. The maximum atomic E-state index is 5.18. The third-order valence-corrected chi connectivity index (χ3v) is 2.32. The summed E-state index contributed by atoms with van der Waals surface area (Å²) in [4.78, 5) is 8.41. The van der Waals surface area contributed by atoms with E-state index in [-0.39, 0.29) is 6.04 Å². The van der Waals surface area contributed by atoms with Gasteiger partial charge in [-0.2, -0.15) is 0 Å². The predicted octanol–water partition coefficient (Wildman–Crippen LogP) is 1.39. The Labute approximate surface area is 93.5 Å². The minimum Gasteiger partial charge on any atom is -0.480 e. The van der Waals surface area contributed by atoms with Crippen LogP contribution < -0.4 is 10.1 Å². The van der Waals surface area contributed by atoms with Gasteiger partial charge in [-0.15, -0.1) is 0 Å². The topological polar surface area (TPSA) is 60.2 Å². The molecule has 0 saturated carbocycles. The maximum Gasteiger partial charge on any atom is 0.237 e. The molecule has 5 nitrogen and oxygen atoms in total. The van der Waals surface area contributed by atoms with Gasteiger partial charge in [0.2, 0.25) is 5.88 Å². The van der Waals surface area contributed by atoms with Crippen LogP contribution in [-0.2, 0) is 0 Å². The number of rotatable bonds is 4. The normalized spacial score (nSPS) is 12.4. The number of ether oxygens (including phenoxy) is 1. The highest BCUT2D eigenvalue weighted by Gasteiger charge is 2.19. The smallest absolute Gasteiger partial charge is 0.237 e. The summed E-state index contributed by atoms with van der Waals surface area (Å²) in [6, 6.07) is 1.80. The Bertz CT molecular complexity index is 442. The molecule has 2 rings (SSSR count). The maximum absolute atomic E-state index is 5.18. The van der Waals surface area contributed by atoms with E-state index in [0.29, 0.717) is 5.88 Å². The highest BCUT2D eigenvalue weighted by molar-refractivity contribution is 5.30. The molecule has 0 bridgehead atoms. The molecule has 2 aromatic heterocycles. The molecule has 0 radical (unpaired) electrons. The molecule has 0 aromatic carbocycles. The zero-order chi connectivity index (χ0) is 11.4. The molecule has 84 valence electrons. The third-order valence-electron chi connectivity index (χ3n) is 2.32. The lowest BCUT2D eigenvalue weighted by Gasteiger charge is -2.15. The average Bonchev–Trinajstić information content (AvgIpc) is 2.84. The molecule has 0 aliphatic heterocycles. The monoisotopic (exact) mass is 219 g/mol. The molecule has 2 aromatic rings. The van der Waals surface area contributed by atoms with E-state index in [0.717, 1.165) is 11.3 Å². The second kappa shape index (κ2) is 4.76. The van der Waals surface area contributed by atoms with Gasteiger partial charge >= 0.3 is 0 Å². The molecule has 2 heterocycles. The number of nitrogens with one attached hydrogen (secondary N) is 1. The minimum atomic E-state index is -0.0811. The summed E-state index contributed by atoms with van der Waals surface area (Å²) >= 11 is 0. The van der Waals surface area contributed by atoms with Crippen molar-refractivity contribution in [3.63, 3.8) is 0 Å². The lowest BCUT2D eigenvalue weighted by Crippen LogP contribution is -2.19. The number of aromatic nitrogens is 2. The quantitative estimate of drug-likeness (QED) is 0.841. The van der Waals surface area contributed by atoms with Gasteiger partial charge in [-0.25, -0.2) is 4.98 Å². The second-order valence-corrected chi connectivity index (χ2v) is 3.23. The Kier molecular flexibility index (Phi) is 3.16. The molecule has 1 unspecified atom stereocenters. The van der Waals surface area contributed by atoms with E-state index < -0.39 is 0 Å². The second-order valence-electron chi connectivity index (χ2n) is 3.23. The number of methoxy groups -OCH3 is 1. The van der Waals surface area contributed by atoms with Crippen molar-refractivity contribution in [1.29, 1.82) is 0 Å². The molecule has 0 aliphatic carbocycles. The fourth-order valence-corrected chi connectivity index (χ4v) is 1.59. The van der Waals surface area contributed by atoms with E-state index in [4.69, 9.17) is 9.15 Å². The van der Waals surface area contributed by atoms with Gasteiger partial charge < -0.3 is 14.5 Å². The van der Waals surface area contributed by atoms with Gasteiger partial charge in [-0.1, -0.05) is 0 Å². The van der Waals surface area contributed by atoms with E-state index in [1.54, 1.807) is 32.0 Å². The SMILES string of the molecule is CNC(c1ccoc1)c1nccnc1OC. The lowest BCUT2D eigenvalue weighted by atomic mass is 10.1. The first-order valence-corrected chi connectivity index (χ1v) is 4.91. The van der Waals surface area contributed by atoms with Gasteiger partial charge in [0.1, 0.15) is 5.69 Å². The standard InChI is InChI=1S/C11H13N3O2/c1-12-9(8-3-6-16-7-8)10-11(15-2)14-5-4-13-10/h3-7,9,12H,1-2H3. The summed E-state index contributed by atoms with van der Waals surface area (Å²) in [5.74, 6) is 0.517. The summed E-state index contributed by atoms with van der Waals surface area (Å²) in [6.45, 7) is 0. The van der Waals surface area contributed by atoms with Crippen LogP contribution in [-0.4, -0.2) is 24.1 Å². The molecule has 0 spiro atoms. The van der Waals surface area contributed by atoms with Crippen LogP contribution in [0.25, 0.3) is 0 Å². The van der Waals surface area contributed by atoms with Crippen molar-refractivity contribution in [2.24, 2.45) is 0 Å². The molecule has 0 fully saturated rings. The van der Waals surface area contributed by atoms with Crippen molar-refractivity contribution in [2.75, 3.05) is 14.2 Å². The first kappa shape index (κ1) is 10.6. The summed E-state index contributed by atoms with van der Waals surface area (Å²) in [6.07, 6.45) is 6.55. The fourth-order valence-electron chi connectivity index (χ4n) is 1.59. The van der Waals surface area contributed by atoms with E-state index >= 15 is 0 Å². The molecule has 1 N–H and O–H groups in total. The highest BCUT2D eigenvalue weighted by atomic mass is 16.5. The Hall–Kier alpha value is -1.88. The van der Waals surface area contributed by atoms with Gasteiger partial charge in [0.15, 0.2) is 0 Å². The average molecular weight is 219 g/mol. The first-order chi connectivity index (χ1) is 7.86. The Morgan fingerprint density at radius 1 is 1.38 bits per heavy atom. The molecule has 5 heteroatoms. The highest BCUT2D eigenvalue weighted by Crippen LogP contribution is 2.25. The molecular weight excluding hydrogens is 206 g/mol. The molecule has 1 atom stereocenters. The Morgan fingerprint density at radius 3 is 2.81 bits per heavy atom. The van der Waals surface area contributed by atoms with Gasteiger partial charge in [-0.05, 0) is 13.1 Å². The third kappa shape index (κ3) is 1.90. The van der Waals surface area contributed by atoms with Crippen molar-refractivity contribution < 1.29 is 9.15 Å². The van der Waals surface area contributed by atoms with E-state index in [1.807, 2.05) is 13.1 Å². The number of furan rings is 1. The lowest BCUT2D eigenvalue weighted by molar-refractivity contribution is 0.384. The summed E-state index contributed by atoms with van der Waals surface area (Å²) in [5.41, 5.74) is 1.73.